The third-order valence-corrected chi connectivity index (χ3v) is 9.35. The lowest BCUT2D eigenvalue weighted by Gasteiger charge is -2.37. The van der Waals surface area contributed by atoms with Crippen molar-refractivity contribution in [1.82, 2.24) is 5.01 Å². The summed E-state index contributed by atoms with van der Waals surface area (Å²) in [5.74, 6) is 1.99. The summed E-state index contributed by atoms with van der Waals surface area (Å²) in [5.41, 5.74) is 1.84. The van der Waals surface area contributed by atoms with Gasteiger partial charge in [-0.25, -0.2) is 0 Å². The monoisotopic (exact) mass is 618 g/mol. The molecule has 3 aromatic rings. The average molecular weight is 618 g/mol. The number of nitrogens with zero attached hydrogens (tertiary/aromatic N) is 2. The van der Waals surface area contributed by atoms with E-state index in [4.69, 9.17) is 9.47 Å². The SMILES string of the molecule is CCOc1cc(/C=N/N2C(=O)C3C4C=CC(C5CC45)C3C2=O)cc(I)c1OCc1cccc2ccccc12. The quantitative estimate of drug-likeness (QED) is 0.145. The molecular formula is C31H27IN2O4. The Morgan fingerprint density at radius 1 is 0.974 bits per heavy atom. The van der Waals surface area contributed by atoms with E-state index in [9.17, 15) is 9.59 Å². The molecule has 2 saturated carbocycles. The number of benzene rings is 3. The summed E-state index contributed by atoms with van der Waals surface area (Å²) >= 11 is 2.23. The number of hydrogen-bond donors (Lipinski definition) is 0. The standard InChI is InChI=1S/C31H27IN2O4/c1-2-37-26-13-17(12-25(32)29(26)38-16-19-8-5-7-18-6-3-4-9-20(18)19)15-33-34-30(35)27-21-10-11-22(24-14-23(21)24)28(27)31(34)36/h3-13,15,21-24,27-28H,2,14,16H2,1H3/b33-15+. The molecule has 4 aliphatic carbocycles. The van der Waals surface area contributed by atoms with Crippen LogP contribution >= 0.6 is 22.6 Å². The van der Waals surface area contributed by atoms with E-state index in [-0.39, 0.29) is 35.5 Å². The molecule has 8 rings (SSSR count). The predicted octanol–water partition coefficient (Wildman–Crippen LogP) is 5.81. The molecule has 6 atom stereocenters. The smallest absolute Gasteiger partial charge is 0.254 e. The number of carbonyl (C=O) groups excluding carboxylic acids is 2. The van der Waals surface area contributed by atoms with Crippen LogP contribution in [-0.2, 0) is 16.2 Å². The van der Waals surface area contributed by atoms with Crippen molar-refractivity contribution >= 4 is 51.4 Å². The van der Waals surface area contributed by atoms with E-state index in [1.807, 2.05) is 37.3 Å². The van der Waals surface area contributed by atoms with Crippen LogP contribution < -0.4 is 9.47 Å². The molecule has 3 fully saturated rings. The third kappa shape index (κ3) is 3.77. The molecule has 5 aliphatic rings. The van der Waals surface area contributed by atoms with Crippen molar-refractivity contribution in [3.63, 3.8) is 0 Å². The molecule has 1 saturated heterocycles. The van der Waals surface area contributed by atoms with Crippen LogP contribution in [0.4, 0.5) is 0 Å². The summed E-state index contributed by atoms with van der Waals surface area (Å²) in [6.07, 6.45) is 7.08. The van der Waals surface area contributed by atoms with Crippen LogP contribution in [0, 0.1) is 39.1 Å². The topological polar surface area (TPSA) is 68.2 Å². The fourth-order valence-corrected chi connectivity index (χ4v) is 7.59. The largest absolute Gasteiger partial charge is 0.490 e. The van der Waals surface area contributed by atoms with Gasteiger partial charge in [-0.05, 0) is 93.6 Å². The van der Waals surface area contributed by atoms with Gasteiger partial charge in [-0.3, -0.25) is 9.59 Å². The fraction of sp³-hybridized carbons (Fsp3) is 0.323. The summed E-state index contributed by atoms with van der Waals surface area (Å²) in [6, 6.07) is 18.3. The van der Waals surface area contributed by atoms with Gasteiger partial charge in [-0.1, -0.05) is 54.6 Å². The second-order valence-corrected chi connectivity index (χ2v) is 11.7. The lowest BCUT2D eigenvalue weighted by Crippen LogP contribution is -2.40. The van der Waals surface area contributed by atoms with Crippen molar-refractivity contribution < 1.29 is 19.1 Å². The Kier molecular flexibility index (Phi) is 5.80. The highest BCUT2D eigenvalue weighted by molar-refractivity contribution is 14.1. The number of hydrogen-bond acceptors (Lipinski definition) is 5. The molecule has 0 spiro atoms. The molecule has 0 radical (unpaired) electrons. The summed E-state index contributed by atoms with van der Waals surface area (Å²) in [6.45, 7) is 2.81. The average Bonchev–Trinajstić information content (AvgIpc) is 3.71. The first-order valence-electron chi connectivity index (χ1n) is 13.2. The maximum atomic E-state index is 13.2. The first-order valence-corrected chi connectivity index (χ1v) is 14.3. The zero-order valence-corrected chi connectivity index (χ0v) is 23.1. The summed E-state index contributed by atoms with van der Waals surface area (Å²) in [7, 11) is 0. The summed E-state index contributed by atoms with van der Waals surface area (Å²) < 4.78 is 13.1. The number of ether oxygens (including phenoxy) is 2. The van der Waals surface area contributed by atoms with E-state index in [1.165, 1.54) is 5.39 Å². The second kappa shape index (κ2) is 9.22. The van der Waals surface area contributed by atoms with Gasteiger partial charge in [0.25, 0.3) is 11.8 Å². The number of allylic oxidation sites excluding steroid dienone is 2. The molecule has 6 unspecified atom stereocenters. The molecule has 38 heavy (non-hydrogen) atoms. The predicted molar refractivity (Wildman–Crippen MR) is 153 cm³/mol. The van der Waals surface area contributed by atoms with Gasteiger partial charge >= 0.3 is 0 Å². The third-order valence-electron chi connectivity index (χ3n) is 8.55. The number of fused-ring (bicyclic) bond motifs is 1. The highest BCUT2D eigenvalue weighted by atomic mass is 127. The Morgan fingerprint density at radius 2 is 1.68 bits per heavy atom. The van der Waals surface area contributed by atoms with Gasteiger partial charge < -0.3 is 9.47 Å². The Morgan fingerprint density at radius 3 is 2.42 bits per heavy atom. The van der Waals surface area contributed by atoms with Gasteiger partial charge in [0.05, 0.1) is 28.2 Å². The van der Waals surface area contributed by atoms with Crippen molar-refractivity contribution in [3.8, 4) is 11.5 Å². The van der Waals surface area contributed by atoms with E-state index in [0.717, 1.165) is 31.5 Å². The first-order chi connectivity index (χ1) is 18.5. The van der Waals surface area contributed by atoms with E-state index in [2.05, 4.69) is 64.1 Å². The fourth-order valence-electron chi connectivity index (χ4n) is 6.81. The molecule has 2 bridgehead atoms. The summed E-state index contributed by atoms with van der Waals surface area (Å²) in [4.78, 5) is 26.5. The molecular weight excluding hydrogens is 591 g/mol. The first kappa shape index (κ1) is 23.9. The molecule has 0 N–H and O–H groups in total. The van der Waals surface area contributed by atoms with Crippen molar-refractivity contribution in [1.29, 1.82) is 0 Å². The van der Waals surface area contributed by atoms with E-state index >= 15 is 0 Å². The van der Waals surface area contributed by atoms with Crippen molar-refractivity contribution in [2.45, 2.75) is 20.0 Å². The zero-order valence-electron chi connectivity index (χ0n) is 20.9. The minimum atomic E-state index is -0.248. The lowest BCUT2D eigenvalue weighted by molar-refractivity contribution is -0.140. The van der Waals surface area contributed by atoms with Crippen LogP contribution in [0.25, 0.3) is 10.8 Å². The minimum absolute atomic E-state index is 0.157. The van der Waals surface area contributed by atoms with Gasteiger partial charge in [0.1, 0.15) is 6.61 Å². The van der Waals surface area contributed by atoms with Gasteiger partial charge in [0, 0.05) is 0 Å². The van der Waals surface area contributed by atoms with Crippen molar-refractivity contribution in [2.75, 3.05) is 6.61 Å². The molecule has 1 aliphatic heterocycles. The molecule has 1 heterocycles. The van der Waals surface area contributed by atoms with Crippen LogP contribution in [0.3, 0.4) is 0 Å². The van der Waals surface area contributed by atoms with E-state index in [1.54, 1.807) is 6.21 Å². The highest BCUT2D eigenvalue weighted by Gasteiger charge is 2.67. The second-order valence-electron chi connectivity index (χ2n) is 10.6. The van der Waals surface area contributed by atoms with Gasteiger partial charge in [-0.15, -0.1) is 0 Å². The number of amides is 2. The minimum Gasteiger partial charge on any atom is -0.490 e. The summed E-state index contributed by atoms with van der Waals surface area (Å²) in [5, 5.41) is 7.85. The molecule has 2 amide bonds. The van der Waals surface area contributed by atoms with Crippen LogP contribution in [0.15, 0.2) is 71.9 Å². The maximum Gasteiger partial charge on any atom is 0.254 e. The number of carbonyl (C=O) groups is 2. The van der Waals surface area contributed by atoms with Crippen LogP contribution in [-0.4, -0.2) is 29.6 Å². The zero-order chi connectivity index (χ0) is 26.0. The number of rotatable bonds is 7. The van der Waals surface area contributed by atoms with Gasteiger partial charge in [0.15, 0.2) is 11.5 Å². The van der Waals surface area contributed by atoms with Crippen molar-refractivity contribution in [2.24, 2.45) is 40.6 Å². The Labute approximate surface area is 234 Å². The molecule has 3 aromatic carbocycles. The highest BCUT2D eigenvalue weighted by Crippen LogP contribution is 2.65. The number of halogens is 1. The van der Waals surface area contributed by atoms with Gasteiger partial charge in [0.2, 0.25) is 0 Å². The van der Waals surface area contributed by atoms with E-state index < -0.39 is 0 Å². The Bertz CT molecular complexity index is 1490. The van der Waals surface area contributed by atoms with E-state index in [0.29, 0.717) is 36.5 Å². The maximum absolute atomic E-state index is 13.2. The Balaban J connectivity index is 1.13. The van der Waals surface area contributed by atoms with Gasteiger partial charge in [-0.2, -0.15) is 10.1 Å². The number of hydrazone groups is 1. The molecule has 7 heteroatoms. The van der Waals surface area contributed by atoms with Crippen molar-refractivity contribution in [3.05, 3.63) is 81.4 Å². The van der Waals surface area contributed by atoms with Crippen LogP contribution in [0.1, 0.15) is 24.5 Å². The molecule has 192 valence electrons. The van der Waals surface area contributed by atoms with Crippen LogP contribution in [0.5, 0.6) is 11.5 Å². The molecule has 6 nitrogen and oxygen atoms in total. The normalized spacial score (nSPS) is 28.7. The lowest BCUT2D eigenvalue weighted by atomic mass is 9.63. The number of imide groups is 1. The van der Waals surface area contributed by atoms with Crippen LogP contribution in [0.2, 0.25) is 0 Å². The Hall–Kier alpha value is -3.20. The molecule has 0 aromatic heterocycles.